The summed E-state index contributed by atoms with van der Waals surface area (Å²) < 4.78 is 5.53. The summed E-state index contributed by atoms with van der Waals surface area (Å²) >= 11 is 0. The zero-order valence-corrected chi connectivity index (χ0v) is 15.7. The number of ether oxygens (including phenoxy) is 1. The lowest BCUT2D eigenvalue weighted by atomic mass is 9.95. The van der Waals surface area contributed by atoms with Crippen molar-refractivity contribution in [2.75, 3.05) is 19.7 Å². The molecule has 138 valence electrons. The van der Waals surface area contributed by atoms with Gasteiger partial charge in [0.05, 0.1) is 0 Å². The van der Waals surface area contributed by atoms with Crippen molar-refractivity contribution in [3.05, 3.63) is 65.7 Å². The molecular weight excluding hydrogens is 324 g/mol. The minimum atomic E-state index is -0.0723. The third-order valence-electron chi connectivity index (χ3n) is 5.02. The molecule has 1 N–H and O–H groups in total. The Morgan fingerprint density at radius 2 is 1.77 bits per heavy atom. The van der Waals surface area contributed by atoms with Crippen molar-refractivity contribution in [3.63, 3.8) is 0 Å². The van der Waals surface area contributed by atoms with Gasteiger partial charge in [0.15, 0.2) is 6.61 Å². The molecule has 0 fully saturated rings. The highest BCUT2D eigenvalue weighted by Gasteiger charge is 2.26. The number of nitrogens with zero attached hydrogens (tertiary/aromatic N) is 1. The van der Waals surface area contributed by atoms with Gasteiger partial charge in [-0.05, 0) is 35.6 Å². The maximum atomic E-state index is 12.2. The highest BCUT2D eigenvalue weighted by atomic mass is 16.5. The van der Waals surface area contributed by atoms with Crippen LogP contribution in [0.5, 0.6) is 5.75 Å². The van der Waals surface area contributed by atoms with Crippen molar-refractivity contribution in [1.82, 2.24) is 10.2 Å². The zero-order chi connectivity index (χ0) is 18.4. The van der Waals surface area contributed by atoms with Gasteiger partial charge in [-0.3, -0.25) is 9.69 Å². The molecule has 4 heteroatoms. The fourth-order valence-corrected chi connectivity index (χ4v) is 3.52. The predicted octanol–water partition coefficient (Wildman–Crippen LogP) is 3.26. The fourth-order valence-electron chi connectivity index (χ4n) is 3.52. The number of fused-ring (bicyclic) bond motifs is 1. The van der Waals surface area contributed by atoms with E-state index in [9.17, 15) is 4.79 Å². The van der Waals surface area contributed by atoms with Crippen molar-refractivity contribution < 1.29 is 9.53 Å². The Morgan fingerprint density at radius 1 is 1.08 bits per heavy atom. The lowest BCUT2D eigenvalue weighted by Crippen LogP contribution is -2.49. The standard InChI is InChI=1S/C22H28N2O2/c1-17(2)21(24-13-12-18-8-6-7-9-19(18)15-24)14-23-22(25)16-26-20-10-4-3-5-11-20/h3-11,17,21H,12-16H2,1-2H3,(H,23,25). The van der Waals surface area contributed by atoms with Gasteiger partial charge in [0.2, 0.25) is 0 Å². The minimum absolute atomic E-state index is 0.0532. The largest absolute Gasteiger partial charge is 0.484 e. The normalized spacial score (nSPS) is 15.3. The van der Waals surface area contributed by atoms with Crippen LogP contribution in [0.3, 0.4) is 0 Å². The molecule has 0 bridgehead atoms. The van der Waals surface area contributed by atoms with Gasteiger partial charge in [-0.2, -0.15) is 0 Å². The Hall–Kier alpha value is -2.33. The maximum Gasteiger partial charge on any atom is 0.257 e. The van der Waals surface area contributed by atoms with E-state index >= 15 is 0 Å². The van der Waals surface area contributed by atoms with Gasteiger partial charge in [0.1, 0.15) is 5.75 Å². The molecule has 1 aliphatic rings. The van der Waals surface area contributed by atoms with Gasteiger partial charge < -0.3 is 10.1 Å². The predicted molar refractivity (Wildman–Crippen MR) is 104 cm³/mol. The molecular formula is C22H28N2O2. The Bertz CT molecular complexity index is 715. The molecule has 0 aromatic heterocycles. The van der Waals surface area contributed by atoms with Crippen molar-refractivity contribution in [3.8, 4) is 5.75 Å². The van der Waals surface area contributed by atoms with E-state index in [1.807, 2.05) is 30.3 Å². The summed E-state index contributed by atoms with van der Waals surface area (Å²) in [5, 5.41) is 3.05. The van der Waals surface area contributed by atoms with Crippen LogP contribution >= 0.6 is 0 Å². The van der Waals surface area contributed by atoms with Gasteiger partial charge in [-0.1, -0.05) is 56.3 Å². The molecule has 2 aromatic rings. The molecule has 0 saturated carbocycles. The summed E-state index contributed by atoms with van der Waals surface area (Å²) in [4.78, 5) is 14.7. The summed E-state index contributed by atoms with van der Waals surface area (Å²) in [5.74, 6) is 1.11. The second-order valence-corrected chi connectivity index (χ2v) is 7.21. The lowest BCUT2D eigenvalue weighted by Gasteiger charge is -2.38. The molecule has 1 heterocycles. The Kier molecular flexibility index (Phi) is 6.29. The summed E-state index contributed by atoms with van der Waals surface area (Å²) in [6.07, 6.45) is 1.07. The number of carbonyl (C=O) groups excluding carboxylic acids is 1. The third kappa shape index (κ3) is 4.85. The number of rotatable bonds is 7. The topological polar surface area (TPSA) is 41.6 Å². The Labute approximate surface area is 156 Å². The van der Waals surface area contributed by atoms with Crippen LogP contribution in [0.15, 0.2) is 54.6 Å². The molecule has 0 spiro atoms. The van der Waals surface area contributed by atoms with Crippen molar-refractivity contribution in [2.45, 2.75) is 32.9 Å². The number of carbonyl (C=O) groups is 1. The molecule has 1 aliphatic heterocycles. The minimum Gasteiger partial charge on any atom is -0.484 e. The first-order chi connectivity index (χ1) is 12.6. The Balaban J connectivity index is 1.52. The third-order valence-corrected chi connectivity index (χ3v) is 5.02. The van der Waals surface area contributed by atoms with Crippen molar-refractivity contribution in [1.29, 1.82) is 0 Å². The highest BCUT2D eigenvalue weighted by molar-refractivity contribution is 5.77. The van der Waals surface area contributed by atoms with E-state index in [0.29, 0.717) is 18.5 Å². The quantitative estimate of drug-likeness (QED) is 0.832. The number of benzene rings is 2. The molecule has 0 aliphatic carbocycles. The fraction of sp³-hybridized carbons (Fsp3) is 0.409. The first kappa shape index (κ1) is 18.5. The molecule has 1 atom stereocenters. The van der Waals surface area contributed by atoms with E-state index < -0.39 is 0 Å². The van der Waals surface area contributed by atoms with E-state index in [0.717, 1.165) is 25.3 Å². The van der Waals surface area contributed by atoms with Crippen LogP contribution in [0.1, 0.15) is 25.0 Å². The average Bonchev–Trinajstić information content (AvgIpc) is 2.67. The average molecular weight is 352 g/mol. The van der Waals surface area contributed by atoms with Gasteiger partial charge in [-0.25, -0.2) is 0 Å². The van der Waals surface area contributed by atoms with Crippen LogP contribution in [0.25, 0.3) is 0 Å². The van der Waals surface area contributed by atoms with Gasteiger partial charge in [0, 0.05) is 25.7 Å². The molecule has 1 unspecified atom stereocenters. The number of hydrogen-bond donors (Lipinski definition) is 1. The first-order valence-electron chi connectivity index (χ1n) is 9.39. The SMILES string of the molecule is CC(C)C(CNC(=O)COc1ccccc1)N1CCc2ccccc2C1. The van der Waals surface area contributed by atoms with E-state index in [4.69, 9.17) is 4.74 Å². The van der Waals surface area contributed by atoms with Crippen LogP contribution < -0.4 is 10.1 Å². The second kappa shape index (κ2) is 8.86. The molecule has 0 radical (unpaired) electrons. The maximum absolute atomic E-state index is 12.2. The smallest absolute Gasteiger partial charge is 0.257 e. The molecule has 3 rings (SSSR count). The van der Waals surface area contributed by atoms with Crippen LogP contribution in [-0.2, 0) is 17.8 Å². The van der Waals surface area contributed by atoms with E-state index in [1.54, 1.807) is 0 Å². The number of hydrogen-bond acceptors (Lipinski definition) is 3. The molecule has 0 saturated heterocycles. The summed E-state index contributed by atoms with van der Waals surface area (Å²) in [7, 11) is 0. The molecule has 4 nitrogen and oxygen atoms in total. The first-order valence-corrected chi connectivity index (χ1v) is 9.39. The van der Waals surface area contributed by atoms with Crippen LogP contribution in [0.4, 0.5) is 0 Å². The monoisotopic (exact) mass is 352 g/mol. The van der Waals surface area contributed by atoms with Gasteiger partial charge in [0.25, 0.3) is 5.91 Å². The molecule has 1 amide bonds. The van der Waals surface area contributed by atoms with Crippen LogP contribution in [0, 0.1) is 5.92 Å². The highest BCUT2D eigenvalue weighted by Crippen LogP contribution is 2.22. The Morgan fingerprint density at radius 3 is 2.50 bits per heavy atom. The van der Waals surface area contributed by atoms with Crippen LogP contribution in [0.2, 0.25) is 0 Å². The van der Waals surface area contributed by atoms with Crippen molar-refractivity contribution >= 4 is 5.91 Å². The number of amides is 1. The lowest BCUT2D eigenvalue weighted by molar-refractivity contribution is -0.123. The summed E-state index contributed by atoms with van der Waals surface area (Å²) in [6, 6.07) is 18.4. The van der Waals surface area contributed by atoms with E-state index in [1.165, 1.54) is 11.1 Å². The zero-order valence-electron chi connectivity index (χ0n) is 15.7. The van der Waals surface area contributed by atoms with E-state index in [-0.39, 0.29) is 12.5 Å². The number of para-hydroxylation sites is 1. The summed E-state index contributed by atoms with van der Waals surface area (Å²) in [5.41, 5.74) is 2.86. The number of nitrogens with one attached hydrogen (secondary N) is 1. The van der Waals surface area contributed by atoms with Gasteiger partial charge >= 0.3 is 0 Å². The second-order valence-electron chi connectivity index (χ2n) is 7.21. The van der Waals surface area contributed by atoms with E-state index in [2.05, 4.69) is 48.3 Å². The van der Waals surface area contributed by atoms with Gasteiger partial charge in [-0.15, -0.1) is 0 Å². The molecule has 26 heavy (non-hydrogen) atoms. The molecule has 2 aromatic carbocycles. The van der Waals surface area contributed by atoms with Crippen LogP contribution in [-0.4, -0.2) is 36.5 Å². The van der Waals surface area contributed by atoms with Crippen molar-refractivity contribution in [2.24, 2.45) is 5.92 Å². The summed E-state index contributed by atoms with van der Waals surface area (Å²) in [6.45, 7) is 7.13.